The molecule has 33 heavy (non-hydrogen) atoms. The Kier molecular flexibility index (Phi) is 29.0. The van der Waals surface area contributed by atoms with Crippen LogP contribution in [0.5, 0.6) is 0 Å². The van der Waals surface area contributed by atoms with E-state index in [1.165, 1.54) is 148 Å². The summed E-state index contributed by atoms with van der Waals surface area (Å²) in [6, 6.07) is 0. The van der Waals surface area contributed by atoms with Gasteiger partial charge >= 0.3 is 5.97 Å². The number of hydrogen-bond donors (Lipinski definition) is 1. The van der Waals surface area contributed by atoms with Crippen LogP contribution >= 0.6 is 0 Å². The molecule has 1 heterocycles. The third kappa shape index (κ3) is 36.2. The Morgan fingerprint density at radius 2 is 0.697 bits per heavy atom. The molecular weight excluding hydrogens is 408 g/mol. The van der Waals surface area contributed by atoms with Crippen LogP contribution in [0, 0.1) is 0 Å². The number of aliphatic carboxylic acids is 1. The fraction of sp³-hybridized carbons (Fsp3) is 0.967. The summed E-state index contributed by atoms with van der Waals surface area (Å²) in [7, 11) is 0. The normalized spacial score (nSPS) is 12.4. The van der Waals surface area contributed by atoms with Crippen LogP contribution in [0.25, 0.3) is 0 Å². The van der Waals surface area contributed by atoms with Crippen LogP contribution in [-0.2, 0) is 9.53 Å². The molecule has 0 bridgehead atoms. The van der Waals surface area contributed by atoms with Crippen LogP contribution < -0.4 is 0 Å². The zero-order valence-corrected chi connectivity index (χ0v) is 22.6. The van der Waals surface area contributed by atoms with Gasteiger partial charge in [0.15, 0.2) is 0 Å². The monoisotopic (exact) mass is 468 g/mol. The van der Waals surface area contributed by atoms with Gasteiger partial charge in [0.2, 0.25) is 0 Å². The van der Waals surface area contributed by atoms with E-state index in [4.69, 9.17) is 5.11 Å². The number of ether oxygens (including phenoxy) is 1. The van der Waals surface area contributed by atoms with E-state index in [0.717, 1.165) is 26.1 Å². The SMILES string of the molecule is C1CO1.CCCCCCCCCCCCCCCCCCCCCCCCCCCC(=O)O. The fourth-order valence-electron chi connectivity index (χ4n) is 4.42. The summed E-state index contributed by atoms with van der Waals surface area (Å²) in [5, 5.41) is 8.60. The molecule has 1 aliphatic heterocycles. The van der Waals surface area contributed by atoms with E-state index in [0.29, 0.717) is 6.42 Å². The van der Waals surface area contributed by atoms with Crippen molar-refractivity contribution in [2.75, 3.05) is 13.2 Å². The lowest BCUT2D eigenvalue weighted by atomic mass is 10.0. The summed E-state index contributed by atoms with van der Waals surface area (Å²) in [5.74, 6) is -0.649. The topological polar surface area (TPSA) is 49.8 Å². The summed E-state index contributed by atoms with van der Waals surface area (Å²) in [5.41, 5.74) is 0. The van der Waals surface area contributed by atoms with E-state index < -0.39 is 5.97 Å². The van der Waals surface area contributed by atoms with Gasteiger partial charge in [-0.3, -0.25) is 4.79 Å². The van der Waals surface area contributed by atoms with E-state index in [2.05, 4.69) is 11.7 Å². The second kappa shape index (κ2) is 29.5. The van der Waals surface area contributed by atoms with Crippen LogP contribution in [0.15, 0.2) is 0 Å². The van der Waals surface area contributed by atoms with Crippen LogP contribution in [0.1, 0.15) is 174 Å². The van der Waals surface area contributed by atoms with E-state index in [9.17, 15) is 4.79 Å². The molecule has 0 unspecified atom stereocenters. The minimum Gasteiger partial charge on any atom is -0.481 e. The number of epoxide rings is 1. The average molecular weight is 469 g/mol. The largest absolute Gasteiger partial charge is 0.481 e. The van der Waals surface area contributed by atoms with Crippen molar-refractivity contribution in [1.29, 1.82) is 0 Å². The Bertz CT molecular complexity index is 365. The quantitative estimate of drug-likeness (QED) is 0.101. The molecule has 1 aliphatic rings. The molecule has 1 saturated heterocycles. The van der Waals surface area contributed by atoms with Crippen molar-refractivity contribution < 1.29 is 14.6 Å². The zero-order chi connectivity index (χ0) is 24.1. The van der Waals surface area contributed by atoms with E-state index in [-0.39, 0.29) is 0 Å². The zero-order valence-electron chi connectivity index (χ0n) is 22.6. The second-order valence-electron chi connectivity index (χ2n) is 10.2. The molecule has 1 rings (SSSR count). The molecule has 0 aromatic rings. The van der Waals surface area contributed by atoms with Gasteiger partial charge in [-0.05, 0) is 6.42 Å². The lowest BCUT2D eigenvalue weighted by Gasteiger charge is -2.04. The van der Waals surface area contributed by atoms with Gasteiger partial charge in [-0.15, -0.1) is 0 Å². The molecule has 0 aromatic carbocycles. The smallest absolute Gasteiger partial charge is 0.303 e. The molecule has 0 radical (unpaired) electrons. The first-order chi connectivity index (χ1) is 16.3. The van der Waals surface area contributed by atoms with Crippen molar-refractivity contribution in [2.45, 2.75) is 174 Å². The molecule has 0 aliphatic carbocycles. The van der Waals surface area contributed by atoms with Gasteiger partial charge in [0.05, 0.1) is 13.2 Å². The number of carbonyl (C=O) groups is 1. The third-order valence-electron chi connectivity index (χ3n) is 6.70. The fourth-order valence-corrected chi connectivity index (χ4v) is 4.42. The van der Waals surface area contributed by atoms with E-state index >= 15 is 0 Å². The van der Waals surface area contributed by atoms with E-state index in [1.54, 1.807) is 0 Å². The summed E-state index contributed by atoms with van der Waals surface area (Å²) in [4.78, 5) is 10.4. The highest BCUT2D eigenvalue weighted by atomic mass is 16.6. The van der Waals surface area contributed by atoms with Crippen LogP contribution in [0.2, 0.25) is 0 Å². The maximum Gasteiger partial charge on any atom is 0.303 e. The molecule has 0 atom stereocenters. The number of carboxylic acids is 1. The average Bonchev–Trinajstić information content (AvgIpc) is 3.68. The molecule has 1 fully saturated rings. The molecular formula is C30H60O3. The van der Waals surface area contributed by atoms with Gasteiger partial charge < -0.3 is 9.84 Å². The summed E-state index contributed by atoms with van der Waals surface area (Å²) >= 11 is 0. The van der Waals surface area contributed by atoms with Gasteiger partial charge in [0.1, 0.15) is 0 Å². The molecule has 1 N–H and O–H groups in total. The Morgan fingerprint density at radius 3 is 0.879 bits per heavy atom. The first kappa shape index (κ1) is 32.4. The summed E-state index contributed by atoms with van der Waals surface area (Å²) < 4.78 is 4.50. The maximum absolute atomic E-state index is 10.4. The van der Waals surface area contributed by atoms with Crippen LogP contribution in [0.4, 0.5) is 0 Å². The summed E-state index contributed by atoms with van der Waals surface area (Å²) in [6.07, 6.45) is 35.0. The molecule has 3 heteroatoms. The molecule has 0 spiro atoms. The highest BCUT2D eigenvalue weighted by Gasteiger charge is 1.98. The Morgan fingerprint density at radius 1 is 0.485 bits per heavy atom. The van der Waals surface area contributed by atoms with Gasteiger partial charge in [0, 0.05) is 6.42 Å². The molecule has 198 valence electrons. The molecule has 0 saturated carbocycles. The van der Waals surface area contributed by atoms with Crippen LogP contribution in [0.3, 0.4) is 0 Å². The van der Waals surface area contributed by atoms with Crippen molar-refractivity contribution in [3.8, 4) is 0 Å². The Balaban J connectivity index is 0.00000313. The minimum atomic E-state index is -0.649. The van der Waals surface area contributed by atoms with Crippen molar-refractivity contribution in [2.24, 2.45) is 0 Å². The Hall–Kier alpha value is -0.570. The minimum absolute atomic E-state index is 0.347. The van der Waals surface area contributed by atoms with Crippen molar-refractivity contribution >= 4 is 5.97 Å². The number of carboxylic acid groups (broad SMARTS) is 1. The van der Waals surface area contributed by atoms with Crippen molar-refractivity contribution in [3.63, 3.8) is 0 Å². The second-order valence-corrected chi connectivity index (χ2v) is 10.2. The van der Waals surface area contributed by atoms with Gasteiger partial charge in [-0.1, -0.05) is 161 Å². The Labute approximate surface area is 207 Å². The standard InChI is InChI=1S/C28H56O2.C2H4O/c1-2-3-4-5-6-7-8-9-10-11-12-13-14-15-16-17-18-19-20-21-22-23-24-25-26-27-28(29)30;1-2-3-1/h2-27H2,1H3,(H,29,30);1-2H2. The highest BCUT2D eigenvalue weighted by Crippen LogP contribution is 2.15. The number of rotatable bonds is 26. The van der Waals surface area contributed by atoms with Crippen molar-refractivity contribution in [3.05, 3.63) is 0 Å². The van der Waals surface area contributed by atoms with Crippen LogP contribution in [-0.4, -0.2) is 24.3 Å². The predicted molar refractivity (Wildman–Crippen MR) is 144 cm³/mol. The predicted octanol–water partition coefficient (Wildman–Crippen LogP) is 10.3. The molecule has 3 nitrogen and oxygen atoms in total. The molecule has 0 amide bonds. The van der Waals surface area contributed by atoms with E-state index in [1.807, 2.05) is 0 Å². The third-order valence-corrected chi connectivity index (χ3v) is 6.70. The highest BCUT2D eigenvalue weighted by molar-refractivity contribution is 5.66. The number of hydrogen-bond acceptors (Lipinski definition) is 2. The first-order valence-corrected chi connectivity index (χ1v) is 15.1. The lowest BCUT2D eigenvalue weighted by molar-refractivity contribution is -0.137. The summed E-state index contributed by atoms with van der Waals surface area (Å²) in [6.45, 7) is 4.29. The van der Waals surface area contributed by atoms with Gasteiger partial charge in [-0.2, -0.15) is 0 Å². The van der Waals surface area contributed by atoms with Crippen molar-refractivity contribution in [1.82, 2.24) is 0 Å². The van der Waals surface area contributed by atoms with Gasteiger partial charge in [0.25, 0.3) is 0 Å². The lowest BCUT2D eigenvalue weighted by Crippen LogP contribution is -1.93. The number of unbranched alkanes of at least 4 members (excludes halogenated alkanes) is 24. The molecule has 0 aromatic heterocycles. The maximum atomic E-state index is 10.4. The van der Waals surface area contributed by atoms with Gasteiger partial charge in [-0.25, -0.2) is 0 Å². The first-order valence-electron chi connectivity index (χ1n) is 15.1.